The van der Waals surface area contributed by atoms with E-state index in [1.54, 1.807) is 30.5 Å². The van der Waals surface area contributed by atoms with Gasteiger partial charge in [0.1, 0.15) is 0 Å². The first kappa shape index (κ1) is 12.7. The minimum absolute atomic E-state index is 0.0273. The molecule has 0 N–H and O–H groups in total. The summed E-state index contributed by atoms with van der Waals surface area (Å²) in [5.74, 6) is 0. The highest BCUT2D eigenvalue weighted by molar-refractivity contribution is 8.13. The molecule has 2 nitrogen and oxygen atoms in total. The van der Waals surface area contributed by atoms with E-state index < -0.39 is 0 Å². The van der Waals surface area contributed by atoms with E-state index in [9.17, 15) is 4.79 Å². The Morgan fingerprint density at radius 3 is 2.14 bits per heavy atom. The van der Waals surface area contributed by atoms with E-state index in [0.717, 1.165) is 0 Å². The largest absolute Gasteiger partial charge is 0.282 e. The predicted octanol–water partition coefficient (Wildman–Crippen LogP) is 3.09. The van der Waals surface area contributed by atoms with Gasteiger partial charge in [0.25, 0.3) is 0 Å². The van der Waals surface area contributed by atoms with Gasteiger partial charge in [0.15, 0.2) is 0 Å². The van der Waals surface area contributed by atoms with Gasteiger partial charge < -0.3 is 0 Å². The summed E-state index contributed by atoms with van der Waals surface area (Å²) in [4.78, 5) is 11.1. The van der Waals surface area contributed by atoms with Crippen LogP contribution >= 0.6 is 11.8 Å². The number of nitrogens with zero attached hydrogens (tertiary/aromatic N) is 1. The molecule has 0 fully saturated rings. The molecule has 0 bridgehead atoms. The minimum Gasteiger partial charge on any atom is -0.282 e. The predicted molar refractivity (Wildman–Crippen MR) is 60.4 cm³/mol. The van der Waals surface area contributed by atoms with E-state index in [2.05, 4.69) is 0 Å². The summed E-state index contributed by atoms with van der Waals surface area (Å²) in [5, 5.41) is 8.51. The van der Waals surface area contributed by atoms with Gasteiger partial charge in [-0.2, -0.15) is 5.26 Å². The maximum atomic E-state index is 11.1. The summed E-state index contributed by atoms with van der Waals surface area (Å²) in [6.45, 7) is 4.00. The average Bonchev–Trinajstić information content (AvgIpc) is 2.31. The molecule has 1 aromatic carbocycles. The zero-order valence-electron chi connectivity index (χ0n) is 8.57. The van der Waals surface area contributed by atoms with Crippen molar-refractivity contribution >= 4 is 16.9 Å². The summed E-state index contributed by atoms with van der Waals surface area (Å²) in [5.41, 5.74) is 1.22. The van der Waals surface area contributed by atoms with Crippen molar-refractivity contribution in [2.45, 2.75) is 13.8 Å². The fraction of sp³-hybridized carbons (Fsp3) is 0.273. The lowest BCUT2D eigenvalue weighted by Crippen LogP contribution is -1.91. The second kappa shape index (κ2) is 7.16. The molecule has 0 aliphatic carbocycles. The van der Waals surface area contributed by atoms with Crippen molar-refractivity contribution < 1.29 is 4.79 Å². The molecule has 0 saturated heterocycles. The Balaban J connectivity index is 0.000000791. The second-order valence-corrected chi connectivity index (χ2v) is 2.96. The molecule has 1 rings (SSSR count). The summed E-state index contributed by atoms with van der Waals surface area (Å²) < 4.78 is 0. The number of carbonyl (C=O) groups is 1. The Kier molecular flexibility index (Phi) is 6.51. The van der Waals surface area contributed by atoms with Crippen LogP contribution in [0.5, 0.6) is 0 Å². The van der Waals surface area contributed by atoms with E-state index in [4.69, 9.17) is 5.26 Å². The smallest absolute Gasteiger partial charge is 0.219 e. The highest BCUT2D eigenvalue weighted by Crippen LogP contribution is 2.09. The van der Waals surface area contributed by atoms with Crippen molar-refractivity contribution in [2.24, 2.45) is 0 Å². The molecule has 3 heteroatoms. The Hall–Kier alpha value is -1.27. The van der Waals surface area contributed by atoms with Crippen molar-refractivity contribution in [3.8, 4) is 6.07 Å². The van der Waals surface area contributed by atoms with Gasteiger partial charge in [-0.15, -0.1) is 0 Å². The van der Waals surface area contributed by atoms with Crippen molar-refractivity contribution in [3.63, 3.8) is 0 Å². The van der Waals surface area contributed by atoms with Crippen LogP contribution in [0.1, 0.15) is 29.8 Å². The molecule has 0 saturated carbocycles. The molecule has 0 atom stereocenters. The van der Waals surface area contributed by atoms with Crippen LogP contribution in [-0.2, 0) is 0 Å². The lowest BCUT2D eigenvalue weighted by atomic mass is 10.2. The maximum absolute atomic E-state index is 11.1. The fourth-order valence-electron chi connectivity index (χ4n) is 0.799. The van der Waals surface area contributed by atoms with E-state index >= 15 is 0 Å². The average molecular weight is 207 g/mol. The lowest BCUT2D eigenvalue weighted by molar-refractivity contribution is 0.108. The maximum Gasteiger partial charge on any atom is 0.219 e. The van der Waals surface area contributed by atoms with E-state index in [-0.39, 0.29) is 5.12 Å². The van der Waals surface area contributed by atoms with Crippen LogP contribution in [0, 0.1) is 11.3 Å². The van der Waals surface area contributed by atoms with Gasteiger partial charge in [-0.3, -0.25) is 4.79 Å². The van der Waals surface area contributed by atoms with Gasteiger partial charge in [0.05, 0.1) is 11.6 Å². The molecule has 74 valence electrons. The van der Waals surface area contributed by atoms with Crippen molar-refractivity contribution in [1.82, 2.24) is 0 Å². The number of carbonyl (C=O) groups excluding carboxylic acids is 1. The highest BCUT2D eigenvalue weighted by atomic mass is 32.2. The van der Waals surface area contributed by atoms with Crippen molar-refractivity contribution in [3.05, 3.63) is 35.4 Å². The Morgan fingerprint density at radius 1 is 1.29 bits per heavy atom. The van der Waals surface area contributed by atoms with Crippen LogP contribution in [0.2, 0.25) is 0 Å². The molecular formula is C11H13NOS. The first-order chi connectivity index (χ1) is 6.77. The monoisotopic (exact) mass is 207 g/mol. The van der Waals surface area contributed by atoms with Crippen molar-refractivity contribution in [1.29, 1.82) is 5.26 Å². The summed E-state index contributed by atoms with van der Waals surface area (Å²) in [6, 6.07) is 8.61. The third kappa shape index (κ3) is 3.63. The molecule has 0 heterocycles. The zero-order valence-corrected chi connectivity index (χ0v) is 9.39. The first-order valence-corrected chi connectivity index (χ1v) is 5.59. The van der Waals surface area contributed by atoms with Crippen LogP contribution in [0.4, 0.5) is 0 Å². The third-order valence-corrected chi connectivity index (χ3v) is 2.04. The van der Waals surface area contributed by atoms with Crippen LogP contribution in [-0.4, -0.2) is 11.4 Å². The normalized spacial score (nSPS) is 8.14. The molecule has 0 aromatic heterocycles. The molecule has 0 aliphatic rings. The molecule has 1 aromatic rings. The van der Waals surface area contributed by atoms with Crippen molar-refractivity contribution in [2.75, 3.05) is 6.26 Å². The molecule has 0 aliphatic heterocycles. The summed E-state index contributed by atoms with van der Waals surface area (Å²) in [6.07, 6.45) is 1.74. The zero-order chi connectivity index (χ0) is 11.0. The van der Waals surface area contributed by atoms with E-state index in [0.29, 0.717) is 11.1 Å². The molecule has 0 unspecified atom stereocenters. The van der Waals surface area contributed by atoms with Crippen LogP contribution in [0.3, 0.4) is 0 Å². The number of thioether (sulfide) groups is 1. The number of benzene rings is 1. The molecule has 0 radical (unpaired) electrons. The summed E-state index contributed by atoms with van der Waals surface area (Å²) in [7, 11) is 0. The molecule has 14 heavy (non-hydrogen) atoms. The van der Waals surface area contributed by atoms with Crippen LogP contribution in [0.15, 0.2) is 24.3 Å². The van der Waals surface area contributed by atoms with Gasteiger partial charge in [0, 0.05) is 5.56 Å². The van der Waals surface area contributed by atoms with E-state index in [1.165, 1.54) is 11.8 Å². The molecule has 0 spiro atoms. The number of rotatable bonds is 1. The molecule has 0 amide bonds. The number of hydrogen-bond donors (Lipinski definition) is 0. The minimum atomic E-state index is 0.0273. The third-order valence-electron chi connectivity index (χ3n) is 1.44. The van der Waals surface area contributed by atoms with Gasteiger partial charge in [0.2, 0.25) is 5.12 Å². The van der Waals surface area contributed by atoms with Gasteiger partial charge in [-0.05, 0) is 30.5 Å². The highest BCUT2D eigenvalue weighted by Gasteiger charge is 2.01. The first-order valence-electron chi connectivity index (χ1n) is 4.36. The SMILES string of the molecule is CC.CSC(=O)c1ccc(C#N)cc1. The topological polar surface area (TPSA) is 40.9 Å². The number of hydrogen-bond acceptors (Lipinski definition) is 3. The van der Waals surface area contributed by atoms with Gasteiger partial charge in [-0.1, -0.05) is 25.6 Å². The second-order valence-electron chi connectivity index (χ2n) is 2.18. The summed E-state index contributed by atoms with van der Waals surface area (Å²) >= 11 is 1.17. The standard InChI is InChI=1S/C9H7NOS.C2H6/c1-12-9(11)8-4-2-7(6-10)3-5-8;1-2/h2-5H,1H3;1-2H3. The fourth-order valence-corrected chi connectivity index (χ4v) is 1.17. The lowest BCUT2D eigenvalue weighted by Gasteiger charge is -1.95. The van der Waals surface area contributed by atoms with Gasteiger partial charge >= 0.3 is 0 Å². The number of nitriles is 1. The van der Waals surface area contributed by atoms with Crippen LogP contribution < -0.4 is 0 Å². The van der Waals surface area contributed by atoms with Gasteiger partial charge in [-0.25, -0.2) is 0 Å². The Bertz CT molecular complexity index is 324. The molecular weight excluding hydrogens is 194 g/mol. The Labute approximate surface area is 88.9 Å². The van der Waals surface area contributed by atoms with Crippen LogP contribution in [0.25, 0.3) is 0 Å². The Morgan fingerprint density at radius 2 is 1.79 bits per heavy atom. The quantitative estimate of drug-likeness (QED) is 0.710. The van der Waals surface area contributed by atoms with E-state index in [1.807, 2.05) is 19.9 Å².